The second kappa shape index (κ2) is 5.52. The van der Waals surface area contributed by atoms with Crippen molar-refractivity contribution in [3.05, 3.63) is 47.5 Å². The van der Waals surface area contributed by atoms with E-state index in [4.69, 9.17) is 0 Å². The fourth-order valence-electron chi connectivity index (χ4n) is 4.28. The number of aromatic nitrogens is 2. The molecule has 4 nitrogen and oxygen atoms in total. The lowest BCUT2D eigenvalue weighted by molar-refractivity contribution is -0.120. The first-order chi connectivity index (χ1) is 11.2. The lowest BCUT2D eigenvalue weighted by Gasteiger charge is -2.31. The van der Waals surface area contributed by atoms with E-state index in [-0.39, 0.29) is 12.0 Å². The van der Waals surface area contributed by atoms with Gasteiger partial charge in [0.1, 0.15) is 11.6 Å². The van der Waals surface area contributed by atoms with Gasteiger partial charge in [-0.05, 0) is 37.8 Å². The number of carbonyl (C=O) groups excluding carboxylic acids is 1. The Morgan fingerprint density at radius 1 is 1.39 bits per heavy atom. The number of imidazole rings is 1. The van der Waals surface area contributed by atoms with Crippen LogP contribution >= 0.6 is 0 Å². The quantitative estimate of drug-likeness (QED) is 0.871. The second-order valence-corrected chi connectivity index (χ2v) is 6.75. The number of aryl methyl sites for hydroxylation is 3. The van der Waals surface area contributed by atoms with Crippen LogP contribution in [0.2, 0.25) is 0 Å². The summed E-state index contributed by atoms with van der Waals surface area (Å²) in [6.45, 7) is 5.99. The molecule has 2 atom stereocenters. The molecule has 120 valence electrons. The predicted molar refractivity (Wildman–Crippen MR) is 90.9 cm³/mol. The number of rotatable bonds is 4. The Morgan fingerprint density at radius 2 is 2.26 bits per heavy atom. The first kappa shape index (κ1) is 14.5. The van der Waals surface area contributed by atoms with Crippen LogP contribution in [0.25, 0.3) is 0 Å². The average molecular weight is 309 g/mol. The monoisotopic (exact) mass is 309 g/mol. The lowest BCUT2D eigenvalue weighted by Crippen LogP contribution is -2.37. The molecule has 1 aromatic carbocycles. The molecule has 4 rings (SSSR count). The van der Waals surface area contributed by atoms with E-state index in [0.29, 0.717) is 12.2 Å². The van der Waals surface area contributed by atoms with E-state index in [0.717, 1.165) is 25.3 Å². The minimum absolute atomic E-state index is 0.0203. The van der Waals surface area contributed by atoms with Gasteiger partial charge in [0.15, 0.2) is 0 Å². The van der Waals surface area contributed by atoms with Crippen molar-refractivity contribution in [3.8, 4) is 0 Å². The number of hydrogen-bond donors (Lipinski definition) is 0. The number of para-hydroxylation sites is 1. The fourth-order valence-corrected chi connectivity index (χ4v) is 4.28. The molecule has 0 bridgehead atoms. The molecular formula is C19H23N3O. The normalized spacial score (nSPS) is 22.3. The maximum Gasteiger partial charge on any atom is 0.144 e. The third-order valence-electron chi connectivity index (χ3n) is 5.46. The molecule has 1 aromatic heterocycles. The minimum Gasteiger partial charge on any atom is -0.367 e. The van der Waals surface area contributed by atoms with E-state index in [1.54, 1.807) is 6.20 Å². The molecule has 0 radical (unpaired) electrons. The highest BCUT2D eigenvalue weighted by Crippen LogP contribution is 2.46. The summed E-state index contributed by atoms with van der Waals surface area (Å²) in [5.74, 6) is 1.35. The zero-order chi connectivity index (χ0) is 16.0. The van der Waals surface area contributed by atoms with Gasteiger partial charge in [-0.3, -0.25) is 4.79 Å². The van der Waals surface area contributed by atoms with Gasteiger partial charge in [-0.2, -0.15) is 0 Å². The Kier molecular flexibility index (Phi) is 3.47. The maximum absolute atomic E-state index is 13.0. The number of benzene rings is 1. The molecule has 0 aliphatic carbocycles. The van der Waals surface area contributed by atoms with Gasteiger partial charge in [0.2, 0.25) is 0 Å². The summed E-state index contributed by atoms with van der Waals surface area (Å²) in [5.41, 5.74) is 4.02. The molecule has 0 saturated heterocycles. The highest BCUT2D eigenvalue weighted by Gasteiger charge is 2.41. The molecule has 23 heavy (non-hydrogen) atoms. The van der Waals surface area contributed by atoms with Gasteiger partial charge in [-0.15, -0.1) is 0 Å². The van der Waals surface area contributed by atoms with Crippen LogP contribution in [0.3, 0.4) is 0 Å². The molecule has 2 aliphatic rings. The largest absolute Gasteiger partial charge is 0.367 e. The summed E-state index contributed by atoms with van der Waals surface area (Å²) >= 11 is 0. The predicted octanol–water partition coefficient (Wildman–Crippen LogP) is 3.09. The van der Waals surface area contributed by atoms with Crippen molar-refractivity contribution in [2.75, 3.05) is 11.4 Å². The van der Waals surface area contributed by atoms with Gasteiger partial charge in [-0.25, -0.2) is 4.98 Å². The maximum atomic E-state index is 13.0. The second-order valence-electron chi connectivity index (χ2n) is 6.75. The van der Waals surface area contributed by atoms with E-state index in [9.17, 15) is 4.79 Å². The van der Waals surface area contributed by atoms with E-state index >= 15 is 0 Å². The third kappa shape index (κ3) is 2.28. The number of Topliss-reactive ketones (excluding diaryl/α,β-unsaturated/α-hetero) is 1. The van der Waals surface area contributed by atoms with Crippen molar-refractivity contribution in [1.29, 1.82) is 0 Å². The van der Waals surface area contributed by atoms with Crippen molar-refractivity contribution >= 4 is 11.5 Å². The van der Waals surface area contributed by atoms with Crippen molar-refractivity contribution in [1.82, 2.24) is 9.55 Å². The highest BCUT2D eigenvalue weighted by molar-refractivity contribution is 5.91. The number of hydrogen-bond acceptors (Lipinski definition) is 3. The molecule has 2 aliphatic heterocycles. The van der Waals surface area contributed by atoms with Crippen LogP contribution in [-0.2, 0) is 17.8 Å². The van der Waals surface area contributed by atoms with Gasteiger partial charge in [0.25, 0.3) is 0 Å². The first-order valence-electron chi connectivity index (χ1n) is 8.55. The van der Waals surface area contributed by atoms with Crippen molar-refractivity contribution in [2.24, 2.45) is 0 Å². The molecule has 0 N–H and O–H groups in total. The van der Waals surface area contributed by atoms with Crippen LogP contribution < -0.4 is 4.90 Å². The van der Waals surface area contributed by atoms with Crippen LogP contribution in [0.5, 0.6) is 0 Å². The average Bonchev–Trinajstić information content (AvgIpc) is 3.09. The van der Waals surface area contributed by atoms with Crippen molar-refractivity contribution in [3.63, 3.8) is 0 Å². The summed E-state index contributed by atoms with van der Waals surface area (Å²) in [5, 5.41) is 0. The number of carbonyl (C=O) groups is 1. The fraction of sp³-hybridized carbons (Fsp3) is 0.474. The van der Waals surface area contributed by atoms with Gasteiger partial charge in [0.05, 0.1) is 5.92 Å². The SMILES string of the molecule is Cc1nccn1CCC(=O)C1c2cccc3c2N(CCC3)C1C. The molecule has 3 heterocycles. The molecule has 0 spiro atoms. The zero-order valence-corrected chi connectivity index (χ0v) is 13.8. The Bertz CT molecular complexity index is 749. The Balaban J connectivity index is 1.59. The zero-order valence-electron chi connectivity index (χ0n) is 13.8. The van der Waals surface area contributed by atoms with Crippen molar-refractivity contribution in [2.45, 2.75) is 51.6 Å². The van der Waals surface area contributed by atoms with Gasteiger partial charge >= 0.3 is 0 Å². The van der Waals surface area contributed by atoms with Crippen LogP contribution in [0.4, 0.5) is 5.69 Å². The molecule has 4 heteroatoms. The Hall–Kier alpha value is -2.10. The Labute approximate surface area is 137 Å². The topological polar surface area (TPSA) is 38.1 Å². The standard InChI is InChI=1S/C19H23N3O/c1-13-18(17(23)8-11-21-12-9-20-14(21)2)16-7-3-5-15-6-4-10-22(13)19(15)16/h3,5,7,9,12-13,18H,4,6,8,10-11H2,1-2H3. The highest BCUT2D eigenvalue weighted by atomic mass is 16.1. The molecule has 0 amide bonds. The van der Waals surface area contributed by atoms with Gasteiger partial charge in [0, 0.05) is 43.6 Å². The molecule has 0 fully saturated rings. The van der Waals surface area contributed by atoms with E-state index < -0.39 is 0 Å². The summed E-state index contributed by atoms with van der Waals surface area (Å²) in [4.78, 5) is 19.6. The smallest absolute Gasteiger partial charge is 0.144 e. The first-order valence-corrected chi connectivity index (χ1v) is 8.55. The summed E-state index contributed by atoms with van der Waals surface area (Å²) in [7, 11) is 0. The van der Waals surface area contributed by atoms with Crippen molar-refractivity contribution < 1.29 is 4.79 Å². The summed E-state index contributed by atoms with van der Waals surface area (Å²) < 4.78 is 2.06. The number of ketones is 1. The van der Waals surface area contributed by atoms with Crippen LogP contribution in [0.15, 0.2) is 30.6 Å². The molecular weight excluding hydrogens is 286 g/mol. The molecule has 0 saturated carbocycles. The van der Waals surface area contributed by atoms with Crippen LogP contribution in [-0.4, -0.2) is 27.9 Å². The van der Waals surface area contributed by atoms with Crippen LogP contribution in [0.1, 0.15) is 42.6 Å². The number of anilines is 1. The minimum atomic E-state index is 0.0203. The number of nitrogens with zero attached hydrogens (tertiary/aromatic N) is 3. The summed E-state index contributed by atoms with van der Waals surface area (Å²) in [6.07, 6.45) is 6.65. The molecule has 2 unspecified atom stereocenters. The van der Waals surface area contributed by atoms with Crippen LogP contribution in [0, 0.1) is 6.92 Å². The lowest BCUT2D eigenvalue weighted by atomic mass is 9.89. The molecule has 2 aromatic rings. The third-order valence-corrected chi connectivity index (χ3v) is 5.46. The summed E-state index contributed by atoms with van der Waals surface area (Å²) in [6, 6.07) is 6.78. The van der Waals surface area contributed by atoms with E-state index in [2.05, 4.69) is 39.6 Å². The van der Waals surface area contributed by atoms with Gasteiger partial charge < -0.3 is 9.47 Å². The van der Waals surface area contributed by atoms with E-state index in [1.807, 2.05) is 13.1 Å². The van der Waals surface area contributed by atoms with Gasteiger partial charge in [-0.1, -0.05) is 18.2 Å². The Morgan fingerprint density at radius 3 is 3.04 bits per heavy atom. The van der Waals surface area contributed by atoms with E-state index in [1.165, 1.54) is 23.2 Å².